The molecule has 2 heterocycles. The van der Waals surface area contributed by atoms with E-state index in [0.717, 1.165) is 18.7 Å². The van der Waals surface area contributed by atoms with Gasteiger partial charge in [0.15, 0.2) is 5.82 Å². The zero-order valence-electron chi connectivity index (χ0n) is 11.6. The van der Waals surface area contributed by atoms with Gasteiger partial charge < -0.3 is 15.2 Å². The molecule has 2 aromatic rings. The normalized spacial score (nSPS) is 10.7. The average Bonchev–Trinajstić information content (AvgIpc) is 2.99. The first kappa shape index (κ1) is 14.2. The van der Waals surface area contributed by atoms with Crippen molar-refractivity contribution >= 4 is 11.7 Å². The van der Waals surface area contributed by atoms with Gasteiger partial charge in [0, 0.05) is 12.6 Å². The van der Waals surface area contributed by atoms with E-state index in [0.29, 0.717) is 18.1 Å². The molecule has 0 spiro atoms. The minimum absolute atomic E-state index is 0.0900. The monoisotopic (exact) mass is 278 g/mol. The van der Waals surface area contributed by atoms with Gasteiger partial charge in [0.1, 0.15) is 12.3 Å². The van der Waals surface area contributed by atoms with Crippen LogP contribution in [0.15, 0.2) is 16.8 Å². The molecule has 0 aliphatic rings. The molecule has 2 N–H and O–H groups in total. The predicted octanol–water partition coefficient (Wildman–Crippen LogP) is 0.713. The lowest BCUT2D eigenvalue weighted by molar-refractivity contribution is -0.117. The lowest BCUT2D eigenvalue weighted by Gasteiger charge is -2.00. The lowest BCUT2D eigenvalue weighted by Crippen LogP contribution is -2.19. The van der Waals surface area contributed by atoms with E-state index in [9.17, 15) is 4.79 Å². The van der Waals surface area contributed by atoms with Gasteiger partial charge in [-0.2, -0.15) is 0 Å². The van der Waals surface area contributed by atoms with Crippen LogP contribution in [-0.4, -0.2) is 32.6 Å². The molecule has 8 nitrogen and oxygen atoms in total. The predicted molar refractivity (Wildman–Crippen MR) is 71.9 cm³/mol. The third-order valence-corrected chi connectivity index (χ3v) is 2.52. The molecule has 0 radical (unpaired) electrons. The number of aryl methyl sites for hydroxylation is 1. The third kappa shape index (κ3) is 4.16. The van der Waals surface area contributed by atoms with Crippen molar-refractivity contribution in [2.75, 3.05) is 11.9 Å². The van der Waals surface area contributed by atoms with E-state index in [1.165, 1.54) is 4.68 Å². The summed E-state index contributed by atoms with van der Waals surface area (Å²) in [5.74, 6) is 0.819. The molecular formula is C12H18N6O2. The number of hydrogen-bond acceptors (Lipinski definition) is 6. The molecule has 0 aromatic carbocycles. The Balaban J connectivity index is 1.82. The molecule has 108 valence electrons. The fourth-order valence-electron chi connectivity index (χ4n) is 1.64. The van der Waals surface area contributed by atoms with Crippen LogP contribution in [0.5, 0.6) is 0 Å². The summed E-state index contributed by atoms with van der Waals surface area (Å²) in [6, 6.07) is 1.65. The van der Waals surface area contributed by atoms with Crippen molar-refractivity contribution in [2.24, 2.45) is 0 Å². The first-order valence-electron chi connectivity index (χ1n) is 6.50. The van der Waals surface area contributed by atoms with Crippen LogP contribution in [0.1, 0.15) is 24.8 Å². The summed E-state index contributed by atoms with van der Waals surface area (Å²) in [7, 11) is 0. The second-order valence-corrected chi connectivity index (χ2v) is 4.46. The maximum absolute atomic E-state index is 11.8. The number of nitrogens with zero attached hydrogens (tertiary/aromatic N) is 4. The van der Waals surface area contributed by atoms with Crippen molar-refractivity contribution in [2.45, 2.75) is 33.4 Å². The molecule has 0 unspecified atom stereocenters. The number of rotatable bonds is 7. The van der Waals surface area contributed by atoms with Crippen molar-refractivity contribution in [1.29, 1.82) is 0 Å². The molecule has 0 atom stereocenters. The second-order valence-electron chi connectivity index (χ2n) is 4.46. The lowest BCUT2D eigenvalue weighted by atomic mass is 10.4. The molecule has 0 aliphatic heterocycles. The van der Waals surface area contributed by atoms with Crippen molar-refractivity contribution < 1.29 is 9.32 Å². The van der Waals surface area contributed by atoms with E-state index >= 15 is 0 Å². The Morgan fingerprint density at radius 2 is 2.35 bits per heavy atom. The largest absolute Gasteiger partial charge is 0.360 e. The number of carbonyl (C=O) groups excluding carboxylic acids is 1. The van der Waals surface area contributed by atoms with Crippen LogP contribution < -0.4 is 10.6 Å². The van der Waals surface area contributed by atoms with Crippen LogP contribution in [0, 0.1) is 6.92 Å². The van der Waals surface area contributed by atoms with Crippen LogP contribution >= 0.6 is 0 Å². The molecule has 2 rings (SSSR count). The summed E-state index contributed by atoms with van der Waals surface area (Å²) < 4.78 is 6.36. The van der Waals surface area contributed by atoms with Crippen molar-refractivity contribution in [3.63, 3.8) is 0 Å². The highest BCUT2D eigenvalue weighted by Gasteiger charge is 2.08. The van der Waals surface area contributed by atoms with Crippen LogP contribution in [0.25, 0.3) is 0 Å². The maximum Gasteiger partial charge on any atom is 0.247 e. The van der Waals surface area contributed by atoms with Gasteiger partial charge in [-0.3, -0.25) is 4.79 Å². The first-order valence-corrected chi connectivity index (χ1v) is 6.50. The Labute approximate surface area is 116 Å². The number of amides is 1. The summed E-state index contributed by atoms with van der Waals surface area (Å²) in [6.07, 6.45) is 2.81. The molecule has 8 heteroatoms. The molecule has 0 saturated carbocycles. The fourth-order valence-corrected chi connectivity index (χ4v) is 1.64. The third-order valence-electron chi connectivity index (χ3n) is 2.52. The van der Waals surface area contributed by atoms with Crippen LogP contribution in [0.2, 0.25) is 0 Å². The highest BCUT2D eigenvalue weighted by molar-refractivity contribution is 5.89. The van der Waals surface area contributed by atoms with Crippen molar-refractivity contribution in [3.05, 3.63) is 23.7 Å². The summed E-state index contributed by atoms with van der Waals surface area (Å²) in [4.78, 5) is 11.8. The molecule has 20 heavy (non-hydrogen) atoms. The van der Waals surface area contributed by atoms with Crippen molar-refractivity contribution in [1.82, 2.24) is 25.5 Å². The highest BCUT2D eigenvalue weighted by Crippen LogP contribution is 2.06. The van der Waals surface area contributed by atoms with Gasteiger partial charge in [0.05, 0.1) is 11.9 Å². The van der Waals surface area contributed by atoms with Gasteiger partial charge >= 0.3 is 0 Å². The minimum Gasteiger partial charge on any atom is -0.360 e. The highest BCUT2D eigenvalue weighted by atomic mass is 16.5. The molecule has 0 bridgehead atoms. The maximum atomic E-state index is 11.8. The standard InChI is InChI=1S/C12H18N6O2/c1-3-4-13-6-10-7-18(17-15-10)8-12(19)14-11-5-9(2)20-16-11/h5,7,13H,3-4,6,8H2,1-2H3,(H,14,16,19). The Hall–Kier alpha value is -2.22. The second kappa shape index (κ2) is 6.80. The van der Waals surface area contributed by atoms with E-state index < -0.39 is 0 Å². The van der Waals surface area contributed by atoms with E-state index in [2.05, 4.69) is 33.0 Å². The van der Waals surface area contributed by atoms with Gasteiger partial charge in [0.2, 0.25) is 5.91 Å². The number of anilines is 1. The Bertz CT molecular complexity index is 562. The zero-order chi connectivity index (χ0) is 14.4. The summed E-state index contributed by atoms with van der Waals surface area (Å²) in [5, 5.41) is 17.4. The molecular weight excluding hydrogens is 260 g/mol. The Morgan fingerprint density at radius 3 is 3.05 bits per heavy atom. The molecule has 0 saturated heterocycles. The molecule has 0 aliphatic carbocycles. The van der Waals surface area contributed by atoms with Crippen molar-refractivity contribution in [3.8, 4) is 0 Å². The Morgan fingerprint density at radius 1 is 1.50 bits per heavy atom. The van der Waals surface area contributed by atoms with E-state index in [4.69, 9.17) is 4.52 Å². The smallest absolute Gasteiger partial charge is 0.247 e. The van der Waals surface area contributed by atoms with Gasteiger partial charge in [-0.05, 0) is 19.9 Å². The summed E-state index contributed by atoms with van der Waals surface area (Å²) in [5.41, 5.74) is 0.809. The molecule has 1 amide bonds. The molecule has 2 aromatic heterocycles. The first-order chi connectivity index (χ1) is 9.67. The van der Waals surface area contributed by atoms with Crippen LogP contribution in [0.3, 0.4) is 0 Å². The minimum atomic E-state index is -0.226. The van der Waals surface area contributed by atoms with E-state index in [-0.39, 0.29) is 12.5 Å². The van der Waals surface area contributed by atoms with Gasteiger partial charge in [-0.1, -0.05) is 17.3 Å². The number of hydrogen-bond donors (Lipinski definition) is 2. The van der Waals surface area contributed by atoms with E-state index in [1.54, 1.807) is 19.2 Å². The van der Waals surface area contributed by atoms with Crippen LogP contribution in [-0.2, 0) is 17.9 Å². The molecule has 0 fully saturated rings. The zero-order valence-corrected chi connectivity index (χ0v) is 11.6. The van der Waals surface area contributed by atoms with Crippen LogP contribution in [0.4, 0.5) is 5.82 Å². The summed E-state index contributed by atoms with van der Waals surface area (Å²) in [6.45, 7) is 5.53. The number of nitrogens with one attached hydrogen (secondary N) is 2. The SMILES string of the molecule is CCCNCc1cn(CC(=O)Nc2cc(C)on2)nn1. The van der Waals surface area contributed by atoms with Gasteiger partial charge in [0.25, 0.3) is 0 Å². The number of carbonyl (C=O) groups is 1. The fraction of sp³-hybridized carbons (Fsp3) is 0.500. The number of aromatic nitrogens is 4. The van der Waals surface area contributed by atoms with Gasteiger partial charge in [-0.15, -0.1) is 5.10 Å². The Kier molecular flexibility index (Phi) is 4.83. The van der Waals surface area contributed by atoms with E-state index in [1.807, 2.05) is 0 Å². The summed E-state index contributed by atoms with van der Waals surface area (Å²) >= 11 is 0. The average molecular weight is 278 g/mol. The quantitative estimate of drug-likeness (QED) is 0.724. The topological polar surface area (TPSA) is 97.9 Å². The van der Waals surface area contributed by atoms with Gasteiger partial charge in [-0.25, -0.2) is 4.68 Å².